The first-order valence-electron chi connectivity index (χ1n) is 4.94. The molecule has 0 amide bonds. The van der Waals surface area contributed by atoms with E-state index in [2.05, 4.69) is 26.2 Å². The van der Waals surface area contributed by atoms with Crippen molar-refractivity contribution < 1.29 is 14.3 Å². The van der Waals surface area contributed by atoms with Crippen LogP contribution in [0.25, 0.3) is 0 Å². The third-order valence-corrected chi connectivity index (χ3v) is 2.40. The van der Waals surface area contributed by atoms with Gasteiger partial charge in [0.1, 0.15) is 5.69 Å². The average Bonchev–Trinajstić information content (AvgIpc) is 2.57. The molecule has 1 aromatic rings. The molecule has 0 atom stereocenters. The molecule has 0 radical (unpaired) electrons. The Morgan fingerprint density at radius 3 is 2.38 bits per heavy atom. The number of halogens is 1. The normalized spacial score (nSPS) is 11.1. The van der Waals surface area contributed by atoms with Gasteiger partial charge in [-0.15, -0.1) is 5.10 Å². The second-order valence-corrected chi connectivity index (χ2v) is 3.71. The first-order chi connectivity index (χ1) is 7.61. The van der Waals surface area contributed by atoms with Crippen LogP contribution in [0.1, 0.15) is 24.3 Å². The van der Waals surface area contributed by atoms with E-state index in [1.54, 1.807) is 20.9 Å². The number of ether oxygens (including phenoxy) is 2. The van der Waals surface area contributed by atoms with Crippen molar-refractivity contribution >= 4 is 21.7 Å². The van der Waals surface area contributed by atoms with Crippen LogP contribution in [0.15, 0.2) is 4.60 Å². The van der Waals surface area contributed by atoms with Gasteiger partial charge in [-0.2, -0.15) is 0 Å². The first-order valence-corrected chi connectivity index (χ1v) is 5.73. The smallest absolute Gasteiger partial charge is 0.239 e. The summed E-state index contributed by atoms with van der Waals surface area (Å²) >= 11 is 3.16. The quantitative estimate of drug-likeness (QED) is 0.581. The van der Waals surface area contributed by atoms with E-state index in [0.717, 1.165) is 0 Å². The molecule has 0 spiro atoms. The summed E-state index contributed by atoms with van der Waals surface area (Å²) in [6.07, 6.45) is -0.900. The van der Waals surface area contributed by atoms with Crippen molar-refractivity contribution in [1.82, 2.24) is 15.0 Å². The molecule has 6 nitrogen and oxygen atoms in total. The average molecular weight is 292 g/mol. The maximum atomic E-state index is 12.0. The van der Waals surface area contributed by atoms with Crippen LogP contribution in [-0.4, -0.2) is 40.3 Å². The fraction of sp³-hybridized carbons (Fsp3) is 0.667. The Balaban J connectivity index is 2.89. The van der Waals surface area contributed by atoms with E-state index < -0.39 is 6.29 Å². The van der Waals surface area contributed by atoms with Gasteiger partial charge >= 0.3 is 0 Å². The summed E-state index contributed by atoms with van der Waals surface area (Å²) in [5, 5.41) is 7.47. The molecule has 0 bridgehead atoms. The largest absolute Gasteiger partial charge is 0.346 e. The molecule has 0 aliphatic rings. The fourth-order valence-corrected chi connectivity index (χ4v) is 1.73. The lowest BCUT2D eigenvalue weighted by atomic mass is 10.3. The fourth-order valence-electron chi connectivity index (χ4n) is 1.21. The predicted octanol–water partition coefficient (Wildman–Crippen LogP) is 1.16. The highest BCUT2D eigenvalue weighted by Gasteiger charge is 2.26. The van der Waals surface area contributed by atoms with Crippen molar-refractivity contribution in [2.45, 2.75) is 20.1 Å². The Bertz CT molecular complexity index is 341. The van der Waals surface area contributed by atoms with E-state index in [4.69, 9.17) is 9.47 Å². The Hall–Kier alpha value is -0.790. The standard InChI is InChI=1S/C9H14BrN3O3/c1-4-15-9(16-5-2)7(14)6-8(10)11-12-13(6)3/h9H,4-5H2,1-3H3. The van der Waals surface area contributed by atoms with Gasteiger partial charge in [0.25, 0.3) is 0 Å². The number of nitrogens with zero attached hydrogens (tertiary/aromatic N) is 3. The van der Waals surface area contributed by atoms with Gasteiger partial charge in [-0.05, 0) is 29.8 Å². The van der Waals surface area contributed by atoms with E-state index in [9.17, 15) is 4.79 Å². The number of carbonyl (C=O) groups excluding carboxylic acids is 1. The van der Waals surface area contributed by atoms with Crippen LogP contribution >= 0.6 is 15.9 Å². The van der Waals surface area contributed by atoms with Gasteiger partial charge in [0.15, 0.2) is 4.60 Å². The van der Waals surface area contributed by atoms with Gasteiger partial charge in [-0.1, -0.05) is 5.21 Å². The minimum atomic E-state index is -0.900. The van der Waals surface area contributed by atoms with E-state index in [0.29, 0.717) is 23.5 Å². The molecule has 0 aromatic carbocycles. The molecule has 0 fully saturated rings. The summed E-state index contributed by atoms with van der Waals surface area (Å²) in [6, 6.07) is 0. The highest BCUT2D eigenvalue weighted by atomic mass is 79.9. The number of hydrogen-bond donors (Lipinski definition) is 0. The second-order valence-electron chi connectivity index (χ2n) is 2.96. The van der Waals surface area contributed by atoms with Crippen LogP contribution in [0.5, 0.6) is 0 Å². The van der Waals surface area contributed by atoms with Gasteiger partial charge < -0.3 is 9.47 Å². The molecular weight excluding hydrogens is 278 g/mol. The Kier molecular flexibility index (Phi) is 5.04. The van der Waals surface area contributed by atoms with Crippen LogP contribution in [0.2, 0.25) is 0 Å². The van der Waals surface area contributed by atoms with Crippen LogP contribution in [0.3, 0.4) is 0 Å². The highest BCUT2D eigenvalue weighted by molar-refractivity contribution is 9.10. The summed E-state index contributed by atoms with van der Waals surface area (Å²) in [4.78, 5) is 12.0. The van der Waals surface area contributed by atoms with Crippen LogP contribution in [0.4, 0.5) is 0 Å². The van der Waals surface area contributed by atoms with Gasteiger partial charge in [-0.3, -0.25) is 4.79 Å². The Morgan fingerprint density at radius 2 is 2.00 bits per heavy atom. The monoisotopic (exact) mass is 291 g/mol. The van der Waals surface area contributed by atoms with Gasteiger partial charge in [0, 0.05) is 20.3 Å². The number of hydrogen-bond acceptors (Lipinski definition) is 5. The molecule has 16 heavy (non-hydrogen) atoms. The summed E-state index contributed by atoms with van der Waals surface area (Å²) < 4.78 is 12.2. The zero-order chi connectivity index (χ0) is 12.1. The van der Waals surface area contributed by atoms with Crippen molar-refractivity contribution in [3.8, 4) is 0 Å². The minimum Gasteiger partial charge on any atom is -0.346 e. The maximum absolute atomic E-state index is 12.0. The van der Waals surface area contributed by atoms with E-state index in [-0.39, 0.29) is 5.78 Å². The molecule has 1 aromatic heterocycles. The molecule has 1 rings (SSSR count). The lowest BCUT2D eigenvalue weighted by molar-refractivity contribution is -0.107. The van der Waals surface area contributed by atoms with Crippen LogP contribution in [-0.2, 0) is 16.5 Å². The molecule has 90 valence electrons. The van der Waals surface area contributed by atoms with Crippen molar-refractivity contribution in [2.75, 3.05) is 13.2 Å². The highest BCUT2D eigenvalue weighted by Crippen LogP contribution is 2.15. The lowest BCUT2D eigenvalue weighted by Gasteiger charge is -2.15. The zero-order valence-electron chi connectivity index (χ0n) is 9.44. The summed E-state index contributed by atoms with van der Waals surface area (Å²) in [7, 11) is 1.64. The SMILES string of the molecule is CCOC(OCC)C(=O)c1c(Br)nnn1C. The number of ketones is 1. The third kappa shape index (κ3) is 2.87. The number of carbonyl (C=O) groups is 1. The second kappa shape index (κ2) is 6.07. The molecule has 0 saturated heterocycles. The molecule has 0 N–H and O–H groups in total. The van der Waals surface area contributed by atoms with Crippen LogP contribution < -0.4 is 0 Å². The summed E-state index contributed by atoms with van der Waals surface area (Å²) in [5.74, 6) is -0.289. The number of Topliss-reactive ketones (excluding diaryl/α,β-unsaturated/α-hetero) is 1. The van der Waals surface area contributed by atoms with E-state index in [1.165, 1.54) is 4.68 Å². The first kappa shape index (κ1) is 13.3. The molecular formula is C9H14BrN3O3. The Morgan fingerprint density at radius 1 is 1.44 bits per heavy atom. The van der Waals surface area contributed by atoms with E-state index >= 15 is 0 Å². The molecule has 0 aliphatic carbocycles. The zero-order valence-corrected chi connectivity index (χ0v) is 11.0. The lowest BCUT2D eigenvalue weighted by Crippen LogP contribution is -2.29. The van der Waals surface area contributed by atoms with Gasteiger partial charge in [-0.25, -0.2) is 4.68 Å². The molecule has 0 aliphatic heterocycles. The maximum Gasteiger partial charge on any atom is 0.239 e. The Labute approximate surface area is 102 Å². The van der Waals surface area contributed by atoms with E-state index in [1.807, 2.05) is 0 Å². The topological polar surface area (TPSA) is 66.2 Å². The molecule has 7 heteroatoms. The van der Waals surface area contributed by atoms with Crippen molar-refractivity contribution in [3.05, 3.63) is 10.3 Å². The molecule has 0 unspecified atom stereocenters. The predicted molar refractivity (Wildman–Crippen MR) is 60.1 cm³/mol. The van der Waals surface area contributed by atoms with Crippen molar-refractivity contribution in [2.24, 2.45) is 7.05 Å². The number of rotatable bonds is 6. The van der Waals surface area contributed by atoms with Gasteiger partial charge in [0.05, 0.1) is 0 Å². The van der Waals surface area contributed by atoms with Crippen LogP contribution in [0, 0.1) is 0 Å². The summed E-state index contributed by atoms with van der Waals surface area (Å²) in [5.41, 5.74) is 0.340. The minimum absolute atomic E-state index is 0.289. The number of aryl methyl sites for hydroxylation is 1. The van der Waals surface area contributed by atoms with Crippen molar-refractivity contribution in [3.63, 3.8) is 0 Å². The third-order valence-electron chi connectivity index (χ3n) is 1.87. The molecule has 1 heterocycles. The van der Waals surface area contributed by atoms with Gasteiger partial charge in [0.2, 0.25) is 12.1 Å². The molecule has 0 saturated carbocycles. The van der Waals surface area contributed by atoms with Crippen molar-refractivity contribution in [1.29, 1.82) is 0 Å². The summed E-state index contributed by atoms with van der Waals surface area (Å²) in [6.45, 7) is 4.41. The number of aromatic nitrogens is 3.